The Morgan fingerprint density at radius 2 is 1.43 bits per heavy atom. The smallest absolute Gasteiger partial charge is 0.508 e. The summed E-state index contributed by atoms with van der Waals surface area (Å²) in [6.07, 6.45) is 0. The summed E-state index contributed by atoms with van der Waals surface area (Å²) in [6.45, 7) is 0. The number of fused-ring (bicyclic) bond motifs is 1. The van der Waals surface area contributed by atoms with E-state index in [1.807, 2.05) is 0 Å². The lowest BCUT2D eigenvalue weighted by atomic mass is 9.80. The number of phosphoric acid groups is 1. The molecule has 1 heterocycles. The summed E-state index contributed by atoms with van der Waals surface area (Å²) in [5, 5.41) is 9.65. The number of esters is 1. The third kappa shape index (κ3) is 3.05. The predicted molar refractivity (Wildman–Crippen MR) is 99.0 cm³/mol. The van der Waals surface area contributed by atoms with Crippen LogP contribution in [0.3, 0.4) is 0 Å². The van der Waals surface area contributed by atoms with Gasteiger partial charge in [-0.2, -0.15) is 0 Å². The van der Waals surface area contributed by atoms with Gasteiger partial charge in [0, 0.05) is 16.7 Å². The van der Waals surface area contributed by atoms with Crippen LogP contribution in [0.2, 0.25) is 0 Å². The maximum Gasteiger partial charge on any atom is 0.524 e. The van der Waals surface area contributed by atoms with Gasteiger partial charge in [0.15, 0.2) is 5.60 Å². The zero-order valence-electron chi connectivity index (χ0n) is 14.4. The van der Waals surface area contributed by atoms with Crippen LogP contribution < -0.4 is 4.52 Å². The lowest BCUT2D eigenvalue weighted by Gasteiger charge is -2.30. The number of ether oxygens (including phenoxy) is 1. The minimum atomic E-state index is -4.68. The number of rotatable bonds is 4. The summed E-state index contributed by atoms with van der Waals surface area (Å²) in [4.78, 5) is 30.5. The molecule has 3 N–H and O–H groups in total. The van der Waals surface area contributed by atoms with Gasteiger partial charge in [0.1, 0.15) is 11.5 Å². The minimum Gasteiger partial charge on any atom is -0.508 e. The van der Waals surface area contributed by atoms with Gasteiger partial charge in [-0.15, -0.1) is 0 Å². The van der Waals surface area contributed by atoms with Crippen molar-refractivity contribution in [2.45, 2.75) is 5.60 Å². The van der Waals surface area contributed by atoms with Crippen molar-refractivity contribution in [1.82, 2.24) is 0 Å². The Labute approximate surface area is 160 Å². The van der Waals surface area contributed by atoms with E-state index in [9.17, 15) is 14.5 Å². The molecule has 0 bridgehead atoms. The van der Waals surface area contributed by atoms with Crippen LogP contribution in [0, 0.1) is 0 Å². The Kier molecular flexibility index (Phi) is 4.23. The fourth-order valence-electron chi connectivity index (χ4n) is 3.40. The topological polar surface area (TPSA) is 113 Å². The maximum absolute atomic E-state index is 12.5. The van der Waals surface area contributed by atoms with Crippen LogP contribution in [-0.4, -0.2) is 20.9 Å². The number of phenolic OH excluding ortho intramolecular Hbond substituents is 1. The van der Waals surface area contributed by atoms with E-state index in [0.29, 0.717) is 22.3 Å². The van der Waals surface area contributed by atoms with Gasteiger partial charge in [-0.1, -0.05) is 42.5 Å². The fraction of sp³-hybridized carbons (Fsp3) is 0.0500. The normalized spacial score (nSPS) is 18.4. The first-order valence-electron chi connectivity index (χ1n) is 8.28. The summed E-state index contributed by atoms with van der Waals surface area (Å²) in [7, 11) is -4.68. The van der Waals surface area contributed by atoms with Crippen LogP contribution in [0.15, 0.2) is 72.8 Å². The largest absolute Gasteiger partial charge is 0.524 e. The lowest BCUT2D eigenvalue weighted by Crippen LogP contribution is -2.29. The van der Waals surface area contributed by atoms with Crippen molar-refractivity contribution in [3.63, 3.8) is 0 Å². The van der Waals surface area contributed by atoms with E-state index in [2.05, 4.69) is 4.52 Å². The van der Waals surface area contributed by atoms with Gasteiger partial charge in [-0.25, -0.2) is 9.36 Å². The van der Waals surface area contributed by atoms with Crippen LogP contribution in [0.4, 0.5) is 0 Å². The van der Waals surface area contributed by atoms with Crippen LogP contribution in [-0.2, 0) is 14.9 Å². The van der Waals surface area contributed by atoms with Gasteiger partial charge in [-0.05, 0) is 30.3 Å². The van der Waals surface area contributed by atoms with Gasteiger partial charge in [0.05, 0.1) is 5.56 Å². The van der Waals surface area contributed by atoms with Crippen LogP contribution in [0.5, 0.6) is 11.5 Å². The first-order valence-corrected chi connectivity index (χ1v) is 9.81. The molecule has 0 radical (unpaired) electrons. The SMILES string of the molecule is O=C1O[C@](c2ccc(O)cc2)(c2ccc(OP(=O)(O)O)cc2)c2ccccc21. The fourth-order valence-corrected chi connectivity index (χ4v) is 3.79. The van der Waals surface area contributed by atoms with E-state index in [1.165, 1.54) is 24.3 Å². The third-order valence-electron chi connectivity index (χ3n) is 4.53. The van der Waals surface area contributed by atoms with Gasteiger partial charge in [-0.3, -0.25) is 9.79 Å². The van der Waals surface area contributed by atoms with Crippen LogP contribution >= 0.6 is 7.82 Å². The number of aromatic hydroxyl groups is 1. The molecule has 1 atom stereocenters. The Hall–Kier alpha value is -3.12. The van der Waals surface area contributed by atoms with E-state index >= 15 is 0 Å². The first-order chi connectivity index (χ1) is 13.3. The van der Waals surface area contributed by atoms with Crippen molar-refractivity contribution >= 4 is 13.8 Å². The van der Waals surface area contributed by atoms with E-state index in [4.69, 9.17) is 14.5 Å². The first kappa shape index (κ1) is 18.3. The van der Waals surface area contributed by atoms with E-state index in [0.717, 1.165) is 0 Å². The number of hydrogen-bond acceptors (Lipinski definition) is 5. The van der Waals surface area contributed by atoms with Crippen molar-refractivity contribution in [1.29, 1.82) is 0 Å². The Morgan fingerprint density at radius 1 is 0.857 bits per heavy atom. The van der Waals surface area contributed by atoms with Crippen molar-refractivity contribution in [2.75, 3.05) is 0 Å². The highest BCUT2D eigenvalue weighted by Crippen LogP contribution is 2.48. The Bertz CT molecular complexity index is 1090. The maximum atomic E-state index is 12.5. The van der Waals surface area contributed by atoms with Crippen molar-refractivity contribution in [3.8, 4) is 11.5 Å². The molecular weight excluding hydrogens is 383 g/mol. The average Bonchev–Trinajstić information content (AvgIpc) is 2.96. The molecule has 0 unspecified atom stereocenters. The highest BCUT2D eigenvalue weighted by Gasteiger charge is 2.48. The molecule has 0 saturated heterocycles. The predicted octanol–water partition coefficient (Wildman–Crippen LogP) is 3.33. The molecule has 3 aromatic carbocycles. The van der Waals surface area contributed by atoms with E-state index in [1.54, 1.807) is 48.5 Å². The highest BCUT2D eigenvalue weighted by atomic mass is 31.2. The Balaban J connectivity index is 1.90. The molecule has 0 spiro atoms. The molecule has 142 valence electrons. The summed E-state index contributed by atoms with van der Waals surface area (Å²) in [5.74, 6) is -0.434. The number of phosphoric ester groups is 1. The zero-order chi connectivity index (χ0) is 19.9. The molecular formula is C20H15O7P. The molecule has 3 aromatic rings. The number of phenols is 1. The molecule has 0 saturated carbocycles. The van der Waals surface area contributed by atoms with Gasteiger partial charge in [0.25, 0.3) is 0 Å². The summed E-state index contributed by atoms with van der Waals surface area (Å²) >= 11 is 0. The number of cyclic esters (lactones) is 1. The van der Waals surface area contributed by atoms with Crippen molar-refractivity contribution < 1.29 is 33.5 Å². The average molecular weight is 398 g/mol. The second kappa shape index (κ2) is 6.49. The molecule has 0 aliphatic carbocycles. The molecule has 4 rings (SSSR count). The second-order valence-electron chi connectivity index (χ2n) is 6.27. The van der Waals surface area contributed by atoms with Crippen LogP contribution in [0.25, 0.3) is 0 Å². The Morgan fingerprint density at radius 3 is 2.04 bits per heavy atom. The molecule has 1 aliphatic rings. The summed E-state index contributed by atoms with van der Waals surface area (Å²) < 4.78 is 21.5. The van der Waals surface area contributed by atoms with E-state index < -0.39 is 19.4 Å². The van der Waals surface area contributed by atoms with Gasteiger partial charge in [0.2, 0.25) is 0 Å². The molecule has 1 aliphatic heterocycles. The van der Waals surface area contributed by atoms with Crippen LogP contribution in [0.1, 0.15) is 27.0 Å². The quantitative estimate of drug-likeness (QED) is 0.456. The number of carbonyl (C=O) groups is 1. The van der Waals surface area contributed by atoms with Gasteiger partial charge >= 0.3 is 13.8 Å². The minimum absolute atomic E-state index is 0.0180. The van der Waals surface area contributed by atoms with Crippen molar-refractivity contribution in [2.24, 2.45) is 0 Å². The second-order valence-corrected chi connectivity index (χ2v) is 7.43. The summed E-state index contributed by atoms with van der Waals surface area (Å²) in [5.41, 5.74) is 0.976. The molecule has 0 amide bonds. The standard InChI is InChI=1S/C20H15O7P/c21-15-9-5-13(6-10-15)20(18-4-2-1-3-17(18)19(22)26-20)14-7-11-16(12-8-14)27-28(23,24)25/h1-12,21H,(H2,23,24,25)/t20-/m1/s1. The molecule has 0 aromatic heterocycles. The lowest BCUT2D eigenvalue weighted by molar-refractivity contribution is 0.0251. The van der Waals surface area contributed by atoms with E-state index in [-0.39, 0.29) is 11.5 Å². The number of benzene rings is 3. The molecule has 0 fully saturated rings. The molecule has 7 nitrogen and oxygen atoms in total. The number of hydrogen-bond donors (Lipinski definition) is 3. The highest BCUT2D eigenvalue weighted by molar-refractivity contribution is 7.46. The monoisotopic (exact) mass is 398 g/mol. The molecule has 8 heteroatoms. The third-order valence-corrected chi connectivity index (χ3v) is 4.98. The molecule has 28 heavy (non-hydrogen) atoms. The number of carbonyl (C=O) groups excluding carboxylic acids is 1. The van der Waals surface area contributed by atoms with Gasteiger partial charge < -0.3 is 14.4 Å². The van der Waals surface area contributed by atoms with Crippen molar-refractivity contribution in [3.05, 3.63) is 95.1 Å². The summed E-state index contributed by atoms with van der Waals surface area (Å²) in [6, 6.07) is 19.2. The zero-order valence-corrected chi connectivity index (χ0v) is 15.2.